The van der Waals surface area contributed by atoms with Crippen LogP contribution < -0.4 is 15.5 Å². The quantitative estimate of drug-likeness (QED) is 0.506. The highest BCUT2D eigenvalue weighted by Gasteiger charge is 2.10. The van der Waals surface area contributed by atoms with E-state index >= 15 is 0 Å². The molecule has 0 aliphatic rings. The number of benzene rings is 2. The van der Waals surface area contributed by atoms with Gasteiger partial charge in [0.1, 0.15) is 11.6 Å². The monoisotopic (exact) mass is 417 g/mol. The summed E-state index contributed by atoms with van der Waals surface area (Å²) in [5, 5.41) is 10.1. The van der Waals surface area contributed by atoms with Gasteiger partial charge in [-0.25, -0.2) is 4.68 Å². The van der Waals surface area contributed by atoms with Crippen molar-refractivity contribution in [3.63, 3.8) is 0 Å². The normalized spacial score (nSPS) is 10.5. The number of anilines is 1. The molecule has 0 fully saturated rings. The third-order valence-electron chi connectivity index (χ3n) is 3.98. The van der Waals surface area contributed by atoms with E-state index in [1.807, 2.05) is 38.1 Å². The van der Waals surface area contributed by atoms with Gasteiger partial charge in [0.2, 0.25) is 4.77 Å². The maximum Gasteiger partial charge on any atom is 0.262 e. The SMILES string of the molecule is Cc1ccc(NC(=O)COc2ccc(Cl)cc2CNn2c(C)n[nH]c2=S)cc1. The van der Waals surface area contributed by atoms with E-state index in [9.17, 15) is 4.79 Å². The number of rotatable bonds is 7. The first-order valence-electron chi connectivity index (χ1n) is 8.58. The van der Waals surface area contributed by atoms with Crippen LogP contribution in [0.1, 0.15) is 17.0 Å². The van der Waals surface area contributed by atoms with Gasteiger partial charge >= 0.3 is 0 Å². The van der Waals surface area contributed by atoms with Gasteiger partial charge in [-0.2, -0.15) is 5.10 Å². The van der Waals surface area contributed by atoms with Crippen LogP contribution in [0.4, 0.5) is 5.69 Å². The van der Waals surface area contributed by atoms with Gasteiger partial charge in [-0.15, -0.1) is 0 Å². The predicted molar refractivity (Wildman–Crippen MR) is 112 cm³/mol. The number of carbonyl (C=O) groups excluding carboxylic acids is 1. The lowest BCUT2D eigenvalue weighted by Crippen LogP contribution is -2.21. The van der Waals surface area contributed by atoms with Crippen LogP contribution in [0.25, 0.3) is 0 Å². The summed E-state index contributed by atoms with van der Waals surface area (Å²) in [6.07, 6.45) is 0. The molecule has 0 aliphatic heterocycles. The molecule has 3 N–H and O–H groups in total. The zero-order valence-electron chi connectivity index (χ0n) is 15.5. The second-order valence-electron chi connectivity index (χ2n) is 6.20. The molecule has 28 heavy (non-hydrogen) atoms. The largest absolute Gasteiger partial charge is 0.483 e. The lowest BCUT2D eigenvalue weighted by molar-refractivity contribution is -0.118. The lowest BCUT2D eigenvalue weighted by Gasteiger charge is -2.14. The molecule has 0 bridgehead atoms. The Bertz CT molecular complexity index is 1030. The summed E-state index contributed by atoms with van der Waals surface area (Å²) in [7, 11) is 0. The topological polar surface area (TPSA) is 84.0 Å². The van der Waals surface area contributed by atoms with Gasteiger partial charge in [0.15, 0.2) is 6.61 Å². The molecule has 1 heterocycles. The molecule has 0 unspecified atom stereocenters. The molecule has 0 saturated carbocycles. The number of aromatic nitrogens is 3. The van der Waals surface area contributed by atoms with E-state index in [0.717, 1.165) is 16.8 Å². The number of carbonyl (C=O) groups is 1. The molecule has 0 radical (unpaired) electrons. The van der Waals surface area contributed by atoms with Crippen molar-refractivity contribution < 1.29 is 9.53 Å². The average molecular weight is 418 g/mol. The van der Waals surface area contributed by atoms with Crippen LogP contribution in [0.2, 0.25) is 5.02 Å². The summed E-state index contributed by atoms with van der Waals surface area (Å²) in [5.41, 5.74) is 5.80. The van der Waals surface area contributed by atoms with Gasteiger partial charge in [-0.3, -0.25) is 9.89 Å². The summed E-state index contributed by atoms with van der Waals surface area (Å²) in [4.78, 5) is 12.2. The second-order valence-corrected chi connectivity index (χ2v) is 7.02. The Balaban J connectivity index is 1.64. The number of aryl methyl sites for hydroxylation is 2. The van der Waals surface area contributed by atoms with Crippen molar-refractivity contribution in [2.75, 3.05) is 17.3 Å². The number of ether oxygens (including phenoxy) is 1. The minimum atomic E-state index is -0.245. The molecule has 3 aromatic rings. The summed E-state index contributed by atoms with van der Waals surface area (Å²) in [6.45, 7) is 4.09. The fraction of sp³-hybridized carbons (Fsp3) is 0.211. The standard InChI is InChI=1S/C19H20ClN5O2S/c1-12-3-6-16(7-4-12)22-18(26)11-27-17-8-5-15(20)9-14(17)10-21-25-13(2)23-24-19(25)28/h3-9,21H,10-11H2,1-2H3,(H,22,26)(H,24,28). The smallest absolute Gasteiger partial charge is 0.262 e. The number of amides is 1. The van der Waals surface area contributed by atoms with Gasteiger partial charge in [0, 0.05) is 16.3 Å². The third kappa shape index (κ3) is 5.11. The summed E-state index contributed by atoms with van der Waals surface area (Å²) in [6, 6.07) is 12.8. The van der Waals surface area contributed by atoms with Crippen molar-refractivity contribution in [1.29, 1.82) is 0 Å². The molecule has 0 spiro atoms. The van der Waals surface area contributed by atoms with Crippen molar-refractivity contribution in [1.82, 2.24) is 14.9 Å². The van der Waals surface area contributed by atoms with E-state index in [2.05, 4.69) is 20.9 Å². The van der Waals surface area contributed by atoms with Crippen LogP contribution in [0.15, 0.2) is 42.5 Å². The Morgan fingerprint density at radius 2 is 2.00 bits per heavy atom. The number of aromatic amines is 1. The van der Waals surface area contributed by atoms with Gasteiger partial charge < -0.3 is 15.5 Å². The lowest BCUT2D eigenvalue weighted by atomic mass is 10.2. The summed E-state index contributed by atoms with van der Waals surface area (Å²) < 4.78 is 7.83. The molecule has 0 atom stereocenters. The highest BCUT2D eigenvalue weighted by atomic mass is 35.5. The average Bonchev–Trinajstić information content (AvgIpc) is 2.99. The minimum absolute atomic E-state index is 0.118. The minimum Gasteiger partial charge on any atom is -0.483 e. The predicted octanol–water partition coefficient (Wildman–Crippen LogP) is 3.97. The van der Waals surface area contributed by atoms with Gasteiger partial charge in [0.05, 0.1) is 6.54 Å². The number of nitrogens with one attached hydrogen (secondary N) is 3. The van der Waals surface area contributed by atoms with E-state index in [0.29, 0.717) is 27.9 Å². The molecule has 1 aromatic heterocycles. The van der Waals surface area contributed by atoms with Crippen LogP contribution in [-0.2, 0) is 11.3 Å². The Hall–Kier alpha value is -2.84. The Morgan fingerprint density at radius 1 is 1.25 bits per heavy atom. The zero-order chi connectivity index (χ0) is 20.1. The van der Waals surface area contributed by atoms with E-state index in [1.165, 1.54) is 0 Å². The van der Waals surface area contributed by atoms with Gasteiger partial charge in [-0.05, 0) is 56.4 Å². The van der Waals surface area contributed by atoms with Crippen molar-refractivity contribution in [2.45, 2.75) is 20.4 Å². The first-order valence-corrected chi connectivity index (χ1v) is 9.36. The van der Waals surface area contributed by atoms with Gasteiger partial charge in [-0.1, -0.05) is 29.3 Å². The molecule has 146 valence electrons. The van der Waals surface area contributed by atoms with Gasteiger partial charge in [0.25, 0.3) is 5.91 Å². The Kier molecular flexibility index (Phi) is 6.33. The van der Waals surface area contributed by atoms with Crippen molar-refractivity contribution in [3.05, 3.63) is 69.2 Å². The maximum atomic E-state index is 12.2. The number of hydrogen-bond donors (Lipinski definition) is 3. The first kappa shape index (κ1) is 19.9. The fourth-order valence-electron chi connectivity index (χ4n) is 2.53. The summed E-state index contributed by atoms with van der Waals surface area (Å²) >= 11 is 11.3. The fourth-order valence-corrected chi connectivity index (χ4v) is 2.97. The summed E-state index contributed by atoms with van der Waals surface area (Å²) in [5.74, 6) is 1.02. The Morgan fingerprint density at radius 3 is 2.68 bits per heavy atom. The van der Waals surface area contributed by atoms with Crippen molar-refractivity contribution >= 4 is 35.4 Å². The maximum absolute atomic E-state index is 12.2. The number of halogens is 1. The molecule has 7 nitrogen and oxygen atoms in total. The molecule has 3 rings (SSSR count). The molecule has 1 amide bonds. The molecule has 0 saturated heterocycles. The highest BCUT2D eigenvalue weighted by molar-refractivity contribution is 7.71. The molecule has 0 aliphatic carbocycles. The number of H-pyrrole nitrogens is 1. The molecular formula is C19H20ClN5O2S. The van der Waals surface area contributed by atoms with E-state index in [4.69, 9.17) is 28.6 Å². The first-order chi connectivity index (χ1) is 13.4. The number of hydrogen-bond acceptors (Lipinski definition) is 5. The van der Waals surface area contributed by atoms with Crippen molar-refractivity contribution in [3.8, 4) is 5.75 Å². The highest BCUT2D eigenvalue weighted by Crippen LogP contribution is 2.23. The molecular weight excluding hydrogens is 398 g/mol. The van der Waals surface area contributed by atoms with Crippen LogP contribution in [0.3, 0.4) is 0 Å². The molecule has 9 heteroatoms. The van der Waals surface area contributed by atoms with Crippen LogP contribution in [0.5, 0.6) is 5.75 Å². The van der Waals surface area contributed by atoms with Crippen LogP contribution in [0, 0.1) is 18.6 Å². The molecule has 2 aromatic carbocycles. The van der Waals surface area contributed by atoms with Crippen molar-refractivity contribution in [2.24, 2.45) is 0 Å². The van der Waals surface area contributed by atoms with Crippen LogP contribution >= 0.6 is 23.8 Å². The van der Waals surface area contributed by atoms with E-state index < -0.39 is 0 Å². The zero-order valence-corrected chi connectivity index (χ0v) is 17.0. The number of nitrogens with zero attached hydrogens (tertiary/aromatic N) is 2. The van der Waals surface area contributed by atoms with Crippen LogP contribution in [-0.4, -0.2) is 27.4 Å². The third-order valence-corrected chi connectivity index (χ3v) is 4.49. The van der Waals surface area contributed by atoms with E-state index in [-0.39, 0.29) is 12.5 Å². The second kappa shape index (κ2) is 8.90. The van der Waals surface area contributed by atoms with E-state index in [1.54, 1.807) is 22.9 Å². The Labute approximate surface area is 172 Å².